The second-order valence-corrected chi connectivity index (χ2v) is 7.42. The Kier molecular flexibility index (Phi) is 2.55. The summed E-state index contributed by atoms with van der Waals surface area (Å²) in [5.41, 5.74) is 1.31. The van der Waals surface area contributed by atoms with Crippen LogP contribution >= 0.6 is 11.3 Å². The third-order valence-electron chi connectivity index (χ3n) is 5.18. The summed E-state index contributed by atoms with van der Waals surface area (Å²) in [5, 5.41) is 11.4. The Balaban J connectivity index is 2.05. The van der Waals surface area contributed by atoms with Crippen LogP contribution in [0.1, 0.15) is 0 Å². The molecule has 0 atom stereocenters. The highest BCUT2D eigenvalue weighted by Gasteiger charge is 2.17. The summed E-state index contributed by atoms with van der Waals surface area (Å²) in [4.78, 5) is 0. The minimum Gasteiger partial charge on any atom is -0.166 e. The summed E-state index contributed by atoms with van der Waals surface area (Å²) in [6, 6.07) is 24.3. The van der Waals surface area contributed by atoms with Crippen LogP contribution in [0.4, 0.5) is 0 Å². The molecule has 0 amide bonds. The summed E-state index contributed by atoms with van der Waals surface area (Å²) >= 11 is 1.83. The van der Waals surface area contributed by atoms with Gasteiger partial charge in [0.05, 0.1) is 10.8 Å². The minimum absolute atomic E-state index is 1.29. The molecule has 6 rings (SSSR count). The first-order chi connectivity index (χ1) is 12.4. The van der Waals surface area contributed by atoms with Crippen molar-refractivity contribution >= 4 is 59.3 Å². The number of pyridine rings is 2. The molecule has 0 bridgehead atoms. The van der Waals surface area contributed by atoms with Crippen molar-refractivity contribution < 1.29 is 4.40 Å². The first-order valence-electron chi connectivity index (χ1n) is 8.44. The third-order valence-corrected chi connectivity index (χ3v) is 6.12. The number of hydrogen-bond acceptors (Lipinski definition) is 1. The van der Waals surface area contributed by atoms with Gasteiger partial charge in [0.2, 0.25) is 5.52 Å². The normalized spacial score (nSPS) is 12.0. The van der Waals surface area contributed by atoms with E-state index in [1.54, 1.807) is 0 Å². The van der Waals surface area contributed by atoms with Crippen molar-refractivity contribution in [1.82, 2.24) is 0 Å². The molecule has 0 fully saturated rings. The molecular formula is C23H14NS+. The van der Waals surface area contributed by atoms with Gasteiger partial charge < -0.3 is 0 Å². The first kappa shape index (κ1) is 13.3. The molecule has 0 aliphatic heterocycles. The zero-order valence-electron chi connectivity index (χ0n) is 13.4. The van der Waals surface area contributed by atoms with E-state index >= 15 is 0 Å². The molecule has 6 aromatic rings. The van der Waals surface area contributed by atoms with Gasteiger partial charge in [0, 0.05) is 16.8 Å². The van der Waals surface area contributed by atoms with Gasteiger partial charge in [-0.1, -0.05) is 48.5 Å². The molecule has 0 saturated heterocycles. The first-order valence-corrected chi connectivity index (χ1v) is 9.32. The molecule has 0 aliphatic carbocycles. The van der Waals surface area contributed by atoms with E-state index in [9.17, 15) is 0 Å². The topological polar surface area (TPSA) is 4.10 Å². The average Bonchev–Trinajstić information content (AvgIpc) is 3.16. The summed E-state index contributed by atoms with van der Waals surface area (Å²) in [5.74, 6) is 0. The minimum atomic E-state index is 1.29. The molecule has 2 heteroatoms. The standard InChI is InChI=1S/C23H14NS/c1-2-4-19-15(3-1)5-6-16-9-12-24-13-10-17-7-8-18-11-14-25-23(18)21(17)22(24)20(16)19/h1-14H/q+1. The summed E-state index contributed by atoms with van der Waals surface area (Å²) < 4.78 is 3.65. The van der Waals surface area contributed by atoms with Crippen molar-refractivity contribution in [3.63, 3.8) is 0 Å². The molecule has 0 spiro atoms. The highest BCUT2D eigenvalue weighted by molar-refractivity contribution is 7.18. The fourth-order valence-electron chi connectivity index (χ4n) is 4.03. The maximum atomic E-state index is 2.27. The van der Waals surface area contributed by atoms with Crippen molar-refractivity contribution in [3.8, 4) is 0 Å². The van der Waals surface area contributed by atoms with Gasteiger partial charge in [0.1, 0.15) is 0 Å². The van der Waals surface area contributed by atoms with Crippen molar-refractivity contribution in [2.24, 2.45) is 0 Å². The van der Waals surface area contributed by atoms with Gasteiger partial charge >= 0.3 is 0 Å². The summed E-state index contributed by atoms with van der Waals surface area (Å²) in [7, 11) is 0. The number of thiophene rings is 1. The summed E-state index contributed by atoms with van der Waals surface area (Å²) in [6.07, 6.45) is 4.36. The van der Waals surface area contributed by atoms with E-state index in [1.807, 2.05) is 11.3 Å². The molecule has 3 aromatic carbocycles. The molecular weight excluding hydrogens is 322 g/mol. The SMILES string of the molecule is c1ccc2c(c1)ccc1cc[n+]3ccc4ccc5ccsc5c4c3c12. The van der Waals surface area contributed by atoms with E-state index in [-0.39, 0.29) is 0 Å². The van der Waals surface area contributed by atoms with Crippen molar-refractivity contribution in [1.29, 1.82) is 0 Å². The second kappa shape index (κ2) is 4.78. The van der Waals surface area contributed by atoms with E-state index in [2.05, 4.69) is 88.9 Å². The molecule has 0 saturated carbocycles. The van der Waals surface area contributed by atoms with E-state index in [4.69, 9.17) is 0 Å². The average molecular weight is 336 g/mol. The van der Waals surface area contributed by atoms with Gasteiger partial charge in [-0.15, -0.1) is 11.3 Å². The molecule has 0 radical (unpaired) electrons. The fraction of sp³-hybridized carbons (Fsp3) is 0. The zero-order chi connectivity index (χ0) is 16.4. The van der Waals surface area contributed by atoms with E-state index in [0.717, 1.165) is 0 Å². The molecule has 25 heavy (non-hydrogen) atoms. The van der Waals surface area contributed by atoms with Crippen LogP contribution in [-0.2, 0) is 0 Å². The number of fused-ring (bicyclic) bond motifs is 9. The van der Waals surface area contributed by atoms with Gasteiger partial charge in [-0.2, -0.15) is 4.40 Å². The lowest BCUT2D eigenvalue weighted by atomic mass is 9.99. The van der Waals surface area contributed by atoms with Crippen LogP contribution in [0.25, 0.3) is 47.9 Å². The highest BCUT2D eigenvalue weighted by Crippen LogP contribution is 2.36. The quantitative estimate of drug-likeness (QED) is 0.233. The van der Waals surface area contributed by atoms with Crippen molar-refractivity contribution in [2.45, 2.75) is 0 Å². The number of nitrogens with zero attached hydrogens (tertiary/aromatic N) is 1. The predicted octanol–water partition coefficient (Wildman–Crippen LogP) is 6.10. The number of benzene rings is 3. The Morgan fingerprint density at radius 2 is 1.32 bits per heavy atom. The van der Waals surface area contributed by atoms with E-state index in [0.29, 0.717) is 0 Å². The largest absolute Gasteiger partial charge is 0.228 e. The monoisotopic (exact) mass is 336 g/mol. The van der Waals surface area contributed by atoms with Gasteiger partial charge in [-0.3, -0.25) is 0 Å². The molecule has 0 aliphatic rings. The summed E-state index contributed by atoms with van der Waals surface area (Å²) in [6.45, 7) is 0. The Labute approximate surface area is 148 Å². The van der Waals surface area contributed by atoms with Crippen LogP contribution in [0, 0.1) is 0 Å². The molecule has 0 unspecified atom stereocenters. The maximum absolute atomic E-state index is 2.27. The lowest BCUT2D eigenvalue weighted by Gasteiger charge is -2.07. The number of hydrogen-bond donors (Lipinski definition) is 0. The molecule has 116 valence electrons. The van der Waals surface area contributed by atoms with Crippen LogP contribution < -0.4 is 4.40 Å². The molecule has 1 nitrogen and oxygen atoms in total. The Morgan fingerprint density at radius 1 is 0.600 bits per heavy atom. The van der Waals surface area contributed by atoms with Crippen LogP contribution in [0.2, 0.25) is 0 Å². The van der Waals surface area contributed by atoms with E-state index in [1.165, 1.54) is 47.9 Å². The van der Waals surface area contributed by atoms with Gasteiger partial charge in [0.25, 0.3) is 0 Å². The second-order valence-electron chi connectivity index (χ2n) is 6.51. The van der Waals surface area contributed by atoms with Crippen LogP contribution in [-0.4, -0.2) is 0 Å². The molecule has 3 heterocycles. The van der Waals surface area contributed by atoms with Gasteiger partial charge in [0.15, 0.2) is 12.4 Å². The Bertz CT molecular complexity index is 1430. The van der Waals surface area contributed by atoms with Crippen LogP contribution in [0.15, 0.2) is 84.5 Å². The van der Waals surface area contributed by atoms with Gasteiger partial charge in [-0.05, 0) is 38.4 Å². The van der Waals surface area contributed by atoms with Crippen molar-refractivity contribution in [3.05, 3.63) is 84.5 Å². The maximum Gasteiger partial charge on any atom is 0.228 e. The lowest BCUT2D eigenvalue weighted by Crippen LogP contribution is -2.20. The van der Waals surface area contributed by atoms with E-state index < -0.39 is 0 Å². The van der Waals surface area contributed by atoms with Gasteiger partial charge in [-0.25, -0.2) is 0 Å². The Morgan fingerprint density at radius 3 is 2.20 bits per heavy atom. The molecule has 0 N–H and O–H groups in total. The van der Waals surface area contributed by atoms with Crippen LogP contribution in [0.5, 0.6) is 0 Å². The smallest absolute Gasteiger partial charge is 0.166 e. The molecule has 3 aromatic heterocycles. The third kappa shape index (κ3) is 1.75. The Hall–Kier alpha value is -2.97. The van der Waals surface area contributed by atoms with Crippen LogP contribution in [0.3, 0.4) is 0 Å². The zero-order valence-corrected chi connectivity index (χ0v) is 14.3. The fourth-order valence-corrected chi connectivity index (χ4v) is 4.98. The number of rotatable bonds is 0. The predicted molar refractivity (Wildman–Crippen MR) is 108 cm³/mol. The highest BCUT2D eigenvalue weighted by atomic mass is 32.1. The van der Waals surface area contributed by atoms with Crippen molar-refractivity contribution in [2.75, 3.05) is 0 Å². The number of aromatic nitrogens is 1. The lowest BCUT2D eigenvalue weighted by molar-refractivity contribution is -0.509.